The smallest absolute Gasteiger partial charge is 0.120 e. The van der Waals surface area contributed by atoms with Gasteiger partial charge in [-0.15, -0.1) is 0 Å². The lowest BCUT2D eigenvalue weighted by Gasteiger charge is -2.08. The van der Waals surface area contributed by atoms with Crippen molar-refractivity contribution in [2.75, 3.05) is 0 Å². The van der Waals surface area contributed by atoms with Crippen molar-refractivity contribution in [3.63, 3.8) is 0 Å². The van der Waals surface area contributed by atoms with Crippen LogP contribution in [0.3, 0.4) is 0 Å². The third-order valence-corrected chi connectivity index (χ3v) is 3.75. The van der Waals surface area contributed by atoms with Gasteiger partial charge in [-0.1, -0.05) is 64.7 Å². The van der Waals surface area contributed by atoms with Crippen LogP contribution in [-0.2, 0) is 0 Å². The lowest BCUT2D eigenvalue weighted by molar-refractivity contribution is 0.423. The lowest BCUT2D eigenvalue weighted by Crippen LogP contribution is -2.08. The first-order valence-electron chi connectivity index (χ1n) is 8.06. The second-order valence-corrected chi connectivity index (χ2v) is 5.67. The van der Waals surface area contributed by atoms with Crippen LogP contribution in [0, 0.1) is 6.92 Å². The molecule has 1 unspecified atom stereocenters. The molecular weight excluding hydrogens is 234 g/mol. The summed E-state index contributed by atoms with van der Waals surface area (Å²) in [5.74, 6) is 1.90. The number of aryl methyl sites for hydroxylation is 1. The fourth-order valence-corrected chi connectivity index (χ4v) is 2.47. The van der Waals surface area contributed by atoms with Crippen molar-refractivity contribution in [3.05, 3.63) is 23.7 Å². The minimum absolute atomic E-state index is 0.0817. The van der Waals surface area contributed by atoms with Gasteiger partial charge in [0.15, 0.2) is 0 Å². The first kappa shape index (κ1) is 16.3. The maximum atomic E-state index is 6.11. The van der Waals surface area contributed by atoms with E-state index in [-0.39, 0.29) is 6.04 Å². The van der Waals surface area contributed by atoms with Gasteiger partial charge in [-0.3, -0.25) is 0 Å². The molecule has 0 bridgehead atoms. The molecule has 0 saturated heterocycles. The van der Waals surface area contributed by atoms with Crippen LogP contribution in [0.25, 0.3) is 0 Å². The first-order chi connectivity index (χ1) is 9.24. The molecule has 0 radical (unpaired) electrons. The number of nitrogens with two attached hydrogens (primary N) is 1. The summed E-state index contributed by atoms with van der Waals surface area (Å²) < 4.78 is 5.55. The highest BCUT2D eigenvalue weighted by Gasteiger charge is 2.09. The molecule has 1 atom stereocenters. The van der Waals surface area contributed by atoms with E-state index in [1.165, 1.54) is 57.8 Å². The average molecular weight is 265 g/mol. The zero-order valence-electron chi connectivity index (χ0n) is 12.8. The van der Waals surface area contributed by atoms with Gasteiger partial charge >= 0.3 is 0 Å². The molecule has 0 aliphatic heterocycles. The Hall–Kier alpha value is -0.760. The fraction of sp³-hybridized carbons (Fsp3) is 0.765. The van der Waals surface area contributed by atoms with E-state index in [1.54, 1.807) is 0 Å². The minimum atomic E-state index is 0.0817. The van der Waals surface area contributed by atoms with Crippen LogP contribution in [0.1, 0.15) is 88.7 Å². The Bertz CT molecular complexity index is 319. The summed E-state index contributed by atoms with van der Waals surface area (Å²) in [5, 5.41) is 0. The normalized spacial score (nSPS) is 12.8. The molecule has 0 fully saturated rings. The van der Waals surface area contributed by atoms with Crippen LogP contribution in [0.15, 0.2) is 16.5 Å². The summed E-state index contributed by atoms with van der Waals surface area (Å²) in [5.41, 5.74) is 6.11. The Morgan fingerprint density at radius 3 is 2.05 bits per heavy atom. The molecule has 0 amide bonds. The lowest BCUT2D eigenvalue weighted by atomic mass is 10.0. The molecule has 2 heteroatoms. The van der Waals surface area contributed by atoms with E-state index >= 15 is 0 Å². The molecule has 1 heterocycles. The summed E-state index contributed by atoms with van der Waals surface area (Å²) in [6.07, 6.45) is 13.3. The van der Waals surface area contributed by atoms with Crippen LogP contribution in [0.5, 0.6) is 0 Å². The van der Waals surface area contributed by atoms with Crippen molar-refractivity contribution in [1.29, 1.82) is 0 Å². The van der Waals surface area contributed by atoms with Gasteiger partial charge in [0.2, 0.25) is 0 Å². The number of hydrogen-bond acceptors (Lipinski definition) is 2. The van der Waals surface area contributed by atoms with Crippen LogP contribution < -0.4 is 5.73 Å². The number of rotatable bonds is 11. The zero-order valence-corrected chi connectivity index (χ0v) is 12.8. The number of furan rings is 1. The molecule has 0 aromatic carbocycles. The second-order valence-electron chi connectivity index (χ2n) is 5.67. The fourth-order valence-electron chi connectivity index (χ4n) is 2.47. The molecule has 0 spiro atoms. The Balaban J connectivity index is 1.93. The summed E-state index contributed by atoms with van der Waals surface area (Å²) in [6, 6.07) is 4.08. The Labute approximate surface area is 118 Å². The molecule has 1 rings (SSSR count). The quantitative estimate of drug-likeness (QED) is 0.536. The standard InChI is InChI=1S/C17H31NO/c1-3-4-5-6-7-8-9-10-11-12-16(18)17-14-13-15(2)19-17/h13-14,16H,3-12,18H2,1-2H3. The van der Waals surface area contributed by atoms with Crippen molar-refractivity contribution in [2.45, 2.75) is 84.1 Å². The van der Waals surface area contributed by atoms with E-state index in [2.05, 4.69) is 6.92 Å². The number of unbranched alkanes of at least 4 members (excludes halogenated alkanes) is 8. The predicted molar refractivity (Wildman–Crippen MR) is 82.2 cm³/mol. The topological polar surface area (TPSA) is 39.2 Å². The molecule has 0 aliphatic carbocycles. The Morgan fingerprint density at radius 1 is 0.947 bits per heavy atom. The monoisotopic (exact) mass is 265 g/mol. The highest BCUT2D eigenvalue weighted by atomic mass is 16.3. The maximum Gasteiger partial charge on any atom is 0.120 e. The van der Waals surface area contributed by atoms with E-state index in [1.807, 2.05) is 19.1 Å². The molecule has 1 aromatic rings. The van der Waals surface area contributed by atoms with Gasteiger partial charge in [0.05, 0.1) is 6.04 Å². The highest BCUT2D eigenvalue weighted by Crippen LogP contribution is 2.20. The molecule has 2 N–H and O–H groups in total. The van der Waals surface area contributed by atoms with Crippen molar-refractivity contribution >= 4 is 0 Å². The zero-order chi connectivity index (χ0) is 13.9. The first-order valence-corrected chi connectivity index (χ1v) is 8.06. The van der Waals surface area contributed by atoms with Crippen molar-refractivity contribution < 1.29 is 4.42 Å². The number of hydrogen-bond donors (Lipinski definition) is 1. The second kappa shape index (κ2) is 10.1. The summed E-state index contributed by atoms with van der Waals surface area (Å²) in [6.45, 7) is 4.23. The van der Waals surface area contributed by atoms with Gasteiger partial charge < -0.3 is 10.2 Å². The molecule has 0 saturated carbocycles. The maximum absolute atomic E-state index is 6.11. The highest BCUT2D eigenvalue weighted by molar-refractivity contribution is 5.08. The van der Waals surface area contributed by atoms with Crippen LogP contribution in [-0.4, -0.2) is 0 Å². The van der Waals surface area contributed by atoms with Gasteiger partial charge in [-0.05, 0) is 25.5 Å². The molecule has 0 aliphatic rings. The van der Waals surface area contributed by atoms with Crippen molar-refractivity contribution in [1.82, 2.24) is 0 Å². The van der Waals surface area contributed by atoms with Gasteiger partial charge in [-0.2, -0.15) is 0 Å². The third-order valence-electron chi connectivity index (χ3n) is 3.75. The molecule has 2 nitrogen and oxygen atoms in total. The van der Waals surface area contributed by atoms with Crippen LogP contribution in [0.2, 0.25) is 0 Å². The van der Waals surface area contributed by atoms with Crippen molar-refractivity contribution in [3.8, 4) is 0 Å². The van der Waals surface area contributed by atoms with E-state index in [4.69, 9.17) is 10.2 Å². The van der Waals surface area contributed by atoms with Gasteiger partial charge in [0, 0.05) is 0 Å². The molecule has 1 aromatic heterocycles. The SMILES string of the molecule is CCCCCCCCCCCC(N)c1ccc(C)o1. The summed E-state index contributed by atoms with van der Waals surface area (Å²) in [7, 11) is 0. The van der Waals surface area contributed by atoms with E-state index in [9.17, 15) is 0 Å². The van der Waals surface area contributed by atoms with E-state index in [0.717, 1.165) is 17.9 Å². The minimum Gasteiger partial charge on any atom is -0.465 e. The van der Waals surface area contributed by atoms with Crippen LogP contribution in [0.4, 0.5) is 0 Å². The van der Waals surface area contributed by atoms with Crippen molar-refractivity contribution in [2.24, 2.45) is 5.73 Å². The average Bonchev–Trinajstić information content (AvgIpc) is 2.83. The largest absolute Gasteiger partial charge is 0.465 e. The van der Waals surface area contributed by atoms with Gasteiger partial charge in [0.1, 0.15) is 11.5 Å². The summed E-state index contributed by atoms with van der Waals surface area (Å²) >= 11 is 0. The van der Waals surface area contributed by atoms with Gasteiger partial charge in [0.25, 0.3) is 0 Å². The molecular formula is C17H31NO. The molecule has 110 valence electrons. The van der Waals surface area contributed by atoms with E-state index < -0.39 is 0 Å². The van der Waals surface area contributed by atoms with E-state index in [0.29, 0.717) is 0 Å². The third kappa shape index (κ3) is 7.41. The predicted octanol–water partition coefficient (Wildman–Crippen LogP) is 5.51. The van der Waals surface area contributed by atoms with Gasteiger partial charge in [-0.25, -0.2) is 0 Å². The summed E-state index contributed by atoms with van der Waals surface area (Å²) in [4.78, 5) is 0. The van der Waals surface area contributed by atoms with Crippen LogP contribution >= 0.6 is 0 Å². The Morgan fingerprint density at radius 2 is 1.53 bits per heavy atom. The Kier molecular flexibility index (Phi) is 8.64. The molecule has 19 heavy (non-hydrogen) atoms.